The first-order valence-corrected chi connectivity index (χ1v) is 6.24. The summed E-state index contributed by atoms with van der Waals surface area (Å²) in [5, 5.41) is 11.8. The number of amides is 1. The largest absolute Gasteiger partial charge is 0.484 e. The zero-order valence-corrected chi connectivity index (χ0v) is 11.3. The second-order valence-electron chi connectivity index (χ2n) is 4.14. The number of rotatable bonds is 7. The summed E-state index contributed by atoms with van der Waals surface area (Å²) >= 11 is 5.72. The Bertz CT molecular complexity index is 433. The van der Waals surface area contributed by atoms with Crippen molar-refractivity contribution >= 4 is 23.5 Å². The van der Waals surface area contributed by atoms with Crippen LogP contribution >= 0.6 is 11.6 Å². The first-order valence-electron chi connectivity index (χ1n) is 5.87. The molecule has 0 saturated heterocycles. The molecule has 0 spiro atoms. The van der Waals surface area contributed by atoms with E-state index in [-0.39, 0.29) is 25.0 Å². The summed E-state index contributed by atoms with van der Waals surface area (Å²) in [6, 6.07) is 6.49. The van der Waals surface area contributed by atoms with Crippen molar-refractivity contribution in [3.05, 3.63) is 29.3 Å². The first-order chi connectivity index (χ1) is 8.97. The number of hydrogen-bond donors (Lipinski definition) is 2. The maximum absolute atomic E-state index is 11.5. The average molecular weight is 286 g/mol. The molecule has 0 aliphatic heterocycles. The van der Waals surface area contributed by atoms with Gasteiger partial charge in [-0.25, -0.2) is 0 Å². The summed E-state index contributed by atoms with van der Waals surface area (Å²) in [5.74, 6) is -0.607. The zero-order valence-electron chi connectivity index (χ0n) is 10.6. The molecule has 5 nitrogen and oxygen atoms in total. The summed E-state index contributed by atoms with van der Waals surface area (Å²) in [6.45, 7) is 1.64. The van der Waals surface area contributed by atoms with Gasteiger partial charge < -0.3 is 15.2 Å². The number of aliphatic carboxylic acids is 1. The van der Waals surface area contributed by atoms with Crippen LogP contribution in [-0.2, 0) is 9.59 Å². The fourth-order valence-corrected chi connectivity index (χ4v) is 1.53. The number of carbonyl (C=O) groups is 2. The molecule has 1 rings (SSSR count). The van der Waals surface area contributed by atoms with Crippen molar-refractivity contribution in [2.45, 2.75) is 25.8 Å². The van der Waals surface area contributed by atoms with E-state index in [1.807, 2.05) is 0 Å². The predicted molar refractivity (Wildman–Crippen MR) is 71.4 cm³/mol. The van der Waals surface area contributed by atoms with Crippen LogP contribution in [0.5, 0.6) is 5.75 Å². The number of carbonyl (C=O) groups excluding carboxylic acids is 1. The SMILES string of the molecule is CC(CCC(=O)O)NC(=O)COc1ccc(Cl)cc1. The maximum Gasteiger partial charge on any atom is 0.303 e. The number of ether oxygens (including phenoxy) is 1. The van der Waals surface area contributed by atoms with Gasteiger partial charge in [0.05, 0.1) is 0 Å². The van der Waals surface area contributed by atoms with Crippen LogP contribution < -0.4 is 10.1 Å². The molecule has 1 amide bonds. The third-order valence-electron chi connectivity index (χ3n) is 2.38. The lowest BCUT2D eigenvalue weighted by atomic mass is 10.2. The van der Waals surface area contributed by atoms with E-state index >= 15 is 0 Å². The van der Waals surface area contributed by atoms with Crippen LogP contribution in [0, 0.1) is 0 Å². The molecule has 1 unspecified atom stereocenters. The Morgan fingerprint density at radius 1 is 1.37 bits per heavy atom. The van der Waals surface area contributed by atoms with Gasteiger partial charge in [-0.15, -0.1) is 0 Å². The van der Waals surface area contributed by atoms with Crippen LogP contribution in [0.2, 0.25) is 5.02 Å². The molecular weight excluding hydrogens is 270 g/mol. The molecule has 0 aliphatic rings. The Kier molecular flexibility index (Phi) is 6.15. The van der Waals surface area contributed by atoms with Crippen molar-refractivity contribution in [1.29, 1.82) is 0 Å². The van der Waals surface area contributed by atoms with E-state index in [9.17, 15) is 9.59 Å². The van der Waals surface area contributed by atoms with Crippen LogP contribution in [0.1, 0.15) is 19.8 Å². The average Bonchev–Trinajstić information content (AvgIpc) is 2.36. The van der Waals surface area contributed by atoms with E-state index in [0.29, 0.717) is 17.2 Å². The Hall–Kier alpha value is -1.75. The van der Waals surface area contributed by atoms with E-state index in [4.69, 9.17) is 21.4 Å². The monoisotopic (exact) mass is 285 g/mol. The van der Waals surface area contributed by atoms with Crippen LogP contribution in [0.3, 0.4) is 0 Å². The molecule has 0 radical (unpaired) electrons. The number of carboxylic acids is 1. The summed E-state index contributed by atoms with van der Waals surface area (Å²) < 4.78 is 5.26. The van der Waals surface area contributed by atoms with Gasteiger partial charge in [-0.2, -0.15) is 0 Å². The lowest BCUT2D eigenvalue weighted by Crippen LogP contribution is -2.36. The molecule has 6 heteroatoms. The standard InChI is InChI=1S/C13H16ClNO4/c1-9(2-7-13(17)18)15-12(16)8-19-11-5-3-10(14)4-6-11/h3-6,9H,2,7-8H2,1H3,(H,15,16)(H,17,18). The Labute approximate surface area is 116 Å². The molecule has 19 heavy (non-hydrogen) atoms. The van der Waals surface area contributed by atoms with Gasteiger partial charge >= 0.3 is 5.97 Å². The summed E-state index contributed by atoms with van der Waals surface area (Å²) in [4.78, 5) is 21.9. The molecule has 0 fully saturated rings. The molecular formula is C13H16ClNO4. The lowest BCUT2D eigenvalue weighted by Gasteiger charge is -2.13. The molecule has 1 aromatic rings. The highest BCUT2D eigenvalue weighted by molar-refractivity contribution is 6.30. The summed E-state index contributed by atoms with van der Waals surface area (Å²) in [5.41, 5.74) is 0. The molecule has 0 heterocycles. The van der Waals surface area contributed by atoms with Crippen molar-refractivity contribution < 1.29 is 19.4 Å². The van der Waals surface area contributed by atoms with Gasteiger partial charge in [0.2, 0.25) is 0 Å². The van der Waals surface area contributed by atoms with Crippen molar-refractivity contribution in [2.24, 2.45) is 0 Å². The van der Waals surface area contributed by atoms with E-state index in [2.05, 4.69) is 5.32 Å². The highest BCUT2D eigenvalue weighted by Gasteiger charge is 2.09. The molecule has 0 aromatic heterocycles. The minimum Gasteiger partial charge on any atom is -0.484 e. The normalized spacial score (nSPS) is 11.7. The second kappa shape index (κ2) is 7.63. The molecule has 2 N–H and O–H groups in total. The van der Waals surface area contributed by atoms with Crippen LogP contribution in [0.25, 0.3) is 0 Å². The number of hydrogen-bond acceptors (Lipinski definition) is 3. The van der Waals surface area contributed by atoms with E-state index in [0.717, 1.165) is 0 Å². The van der Waals surface area contributed by atoms with Gasteiger partial charge in [0.25, 0.3) is 5.91 Å². The van der Waals surface area contributed by atoms with Crippen molar-refractivity contribution in [1.82, 2.24) is 5.32 Å². The highest BCUT2D eigenvalue weighted by Crippen LogP contribution is 2.15. The zero-order chi connectivity index (χ0) is 14.3. The van der Waals surface area contributed by atoms with Gasteiger partial charge in [-0.1, -0.05) is 11.6 Å². The van der Waals surface area contributed by atoms with Gasteiger partial charge in [0.15, 0.2) is 6.61 Å². The van der Waals surface area contributed by atoms with Crippen molar-refractivity contribution in [3.8, 4) is 5.75 Å². The lowest BCUT2D eigenvalue weighted by molar-refractivity contribution is -0.137. The molecule has 0 aliphatic carbocycles. The third-order valence-corrected chi connectivity index (χ3v) is 2.63. The van der Waals surface area contributed by atoms with E-state index in [1.54, 1.807) is 31.2 Å². The molecule has 1 atom stereocenters. The second-order valence-corrected chi connectivity index (χ2v) is 4.58. The van der Waals surface area contributed by atoms with Gasteiger partial charge in [-0.3, -0.25) is 9.59 Å². The number of halogens is 1. The van der Waals surface area contributed by atoms with Gasteiger partial charge in [-0.05, 0) is 37.6 Å². The molecule has 0 bridgehead atoms. The minimum atomic E-state index is -0.876. The van der Waals surface area contributed by atoms with E-state index < -0.39 is 5.97 Å². The number of benzene rings is 1. The Balaban J connectivity index is 2.27. The Morgan fingerprint density at radius 3 is 2.58 bits per heavy atom. The van der Waals surface area contributed by atoms with Crippen LogP contribution in [0.4, 0.5) is 0 Å². The molecule has 1 aromatic carbocycles. The predicted octanol–water partition coefficient (Wildman–Crippen LogP) is 2.09. The fraction of sp³-hybridized carbons (Fsp3) is 0.385. The molecule has 0 saturated carbocycles. The summed E-state index contributed by atoms with van der Waals surface area (Å²) in [7, 11) is 0. The van der Waals surface area contributed by atoms with E-state index in [1.165, 1.54) is 0 Å². The first kappa shape index (κ1) is 15.3. The summed E-state index contributed by atoms with van der Waals surface area (Å²) in [6.07, 6.45) is 0.418. The number of carboxylic acid groups (broad SMARTS) is 1. The van der Waals surface area contributed by atoms with Crippen LogP contribution in [-0.4, -0.2) is 29.6 Å². The molecule has 104 valence electrons. The smallest absolute Gasteiger partial charge is 0.303 e. The van der Waals surface area contributed by atoms with Crippen molar-refractivity contribution in [2.75, 3.05) is 6.61 Å². The fourth-order valence-electron chi connectivity index (χ4n) is 1.41. The third kappa shape index (κ3) is 6.67. The quantitative estimate of drug-likeness (QED) is 0.804. The maximum atomic E-state index is 11.5. The number of nitrogens with one attached hydrogen (secondary N) is 1. The topological polar surface area (TPSA) is 75.6 Å². The minimum absolute atomic E-state index is 0.0273. The Morgan fingerprint density at radius 2 is 2.00 bits per heavy atom. The van der Waals surface area contributed by atoms with Crippen molar-refractivity contribution in [3.63, 3.8) is 0 Å². The highest BCUT2D eigenvalue weighted by atomic mass is 35.5. The van der Waals surface area contributed by atoms with Gasteiger partial charge in [0.1, 0.15) is 5.75 Å². The van der Waals surface area contributed by atoms with Gasteiger partial charge in [0, 0.05) is 17.5 Å². The van der Waals surface area contributed by atoms with Crippen LogP contribution in [0.15, 0.2) is 24.3 Å².